The molecule has 0 aliphatic carbocycles. The Morgan fingerprint density at radius 3 is 2.46 bits per heavy atom. The third kappa shape index (κ3) is 10.9. The summed E-state index contributed by atoms with van der Waals surface area (Å²) in [7, 11) is 0. The Hall–Kier alpha value is -0.160. The molecule has 1 unspecified atom stereocenters. The lowest BCUT2D eigenvalue weighted by Gasteiger charge is -2.33. The van der Waals surface area contributed by atoms with E-state index >= 15 is 0 Å². The first-order valence-corrected chi connectivity index (χ1v) is 9.66. The summed E-state index contributed by atoms with van der Waals surface area (Å²) < 4.78 is 5.36. The van der Waals surface area contributed by atoms with Gasteiger partial charge >= 0.3 is 0 Å². The summed E-state index contributed by atoms with van der Waals surface area (Å²) in [5.41, 5.74) is -0.840. The van der Waals surface area contributed by atoms with Crippen molar-refractivity contribution in [3.8, 4) is 0 Å². The van der Waals surface area contributed by atoms with Crippen LogP contribution in [0.2, 0.25) is 0 Å². The minimum Gasteiger partial charge on any atom is -0.387 e. The van der Waals surface area contributed by atoms with E-state index in [1.54, 1.807) is 0 Å². The summed E-state index contributed by atoms with van der Waals surface area (Å²) in [5, 5.41) is 17.3. The number of morpholine rings is 1. The van der Waals surface area contributed by atoms with Gasteiger partial charge in [-0.15, -0.1) is 24.0 Å². The second-order valence-corrected chi connectivity index (χ2v) is 7.23. The maximum atomic E-state index is 10.7. The molecule has 8 heteroatoms. The van der Waals surface area contributed by atoms with Gasteiger partial charge in [-0.25, -0.2) is 0 Å². The van der Waals surface area contributed by atoms with Crippen molar-refractivity contribution in [2.24, 2.45) is 4.99 Å². The Morgan fingerprint density at radius 1 is 1.27 bits per heavy atom. The summed E-state index contributed by atoms with van der Waals surface area (Å²) >= 11 is 0. The third-order valence-electron chi connectivity index (χ3n) is 4.42. The quantitative estimate of drug-likeness (QED) is 0.244. The van der Waals surface area contributed by atoms with E-state index in [-0.39, 0.29) is 24.0 Å². The molecule has 0 amide bonds. The van der Waals surface area contributed by atoms with E-state index in [0.29, 0.717) is 19.1 Å². The van der Waals surface area contributed by atoms with Crippen molar-refractivity contribution in [3.63, 3.8) is 0 Å². The van der Waals surface area contributed by atoms with Gasteiger partial charge in [-0.2, -0.15) is 0 Å². The molecule has 1 rings (SSSR count). The third-order valence-corrected chi connectivity index (χ3v) is 4.42. The monoisotopic (exact) mass is 485 g/mol. The van der Waals surface area contributed by atoms with E-state index in [1.165, 1.54) is 0 Å². The van der Waals surface area contributed by atoms with E-state index in [0.717, 1.165) is 58.4 Å². The molecule has 3 N–H and O–H groups in total. The fraction of sp³-hybridized carbons (Fsp3) is 0.944. The number of likely N-dealkylation sites (N-methyl/N-ethyl adjacent to an activating group) is 1. The lowest BCUT2D eigenvalue weighted by molar-refractivity contribution is -0.0179. The van der Waals surface area contributed by atoms with Crippen LogP contribution in [0.5, 0.6) is 0 Å². The van der Waals surface area contributed by atoms with Crippen molar-refractivity contribution in [2.45, 2.75) is 46.3 Å². The highest BCUT2D eigenvalue weighted by Crippen LogP contribution is 2.09. The van der Waals surface area contributed by atoms with Crippen LogP contribution in [0.3, 0.4) is 0 Å². The summed E-state index contributed by atoms with van der Waals surface area (Å²) in [5.74, 6) is 0.768. The van der Waals surface area contributed by atoms with E-state index in [9.17, 15) is 5.11 Å². The maximum absolute atomic E-state index is 10.7. The molecule has 0 aromatic rings. The van der Waals surface area contributed by atoms with Crippen LogP contribution in [0, 0.1) is 0 Å². The van der Waals surface area contributed by atoms with Crippen LogP contribution < -0.4 is 10.6 Å². The molecule has 0 spiro atoms. The van der Waals surface area contributed by atoms with Crippen LogP contribution in [0.25, 0.3) is 0 Å². The number of β-amino-alcohol motifs (C(OH)–C–C–N with tert-alkyl or cyclic N) is 1. The van der Waals surface area contributed by atoms with Gasteiger partial charge in [-0.1, -0.05) is 6.92 Å². The minimum absolute atomic E-state index is 0. The largest absolute Gasteiger partial charge is 0.387 e. The standard InChI is InChI=1S/C18H39N5O2.HI/c1-6-19-17(20-8-9-23(7-2)16(3)4)21-14-18(5,24)15-22-10-12-25-13-11-22;/h16,24H,6-15H2,1-5H3,(H2,19,20,21);1H. The highest BCUT2D eigenvalue weighted by Gasteiger charge is 2.25. The number of hydrogen-bond donors (Lipinski definition) is 3. The number of halogens is 1. The Bertz CT molecular complexity index is 388. The van der Waals surface area contributed by atoms with Gasteiger partial charge in [0.25, 0.3) is 0 Å². The van der Waals surface area contributed by atoms with Gasteiger partial charge in [0.05, 0.1) is 25.4 Å². The lowest BCUT2D eigenvalue weighted by atomic mass is 10.1. The van der Waals surface area contributed by atoms with Crippen LogP contribution >= 0.6 is 24.0 Å². The van der Waals surface area contributed by atoms with Crippen LogP contribution in [-0.2, 0) is 4.74 Å². The Kier molecular flexibility index (Phi) is 13.8. The number of hydrogen-bond acceptors (Lipinski definition) is 5. The molecule has 0 aromatic heterocycles. The zero-order chi connectivity index (χ0) is 18.7. The van der Waals surface area contributed by atoms with Gasteiger partial charge in [0, 0.05) is 45.3 Å². The van der Waals surface area contributed by atoms with E-state index in [1.807, 2.05) is 6.92 Å². The Balaban J connectivity index is 0.00000625. The summed E-state index contributed by atoms with van der Waals surface area (Å²) in [6, 6.07) is 0.542. The molecule has 1 fully saturated rings. The summed E-state index contributed by atoms with van der Waals surface area (Å²) in [6.45, 7) is 18.4. The van der Waals surface area contributed by atoms with Crippen LogP contribution in [0.15, 0.2) is 4.99 Å². The Labute approximate surface area is 177 Å². The fourth-order valence-electron chi connectivity index (χ4n) is 2.98. The zero-order valence-electron chi connectivity index (χ0n) is 17.3. The number of aliphatic imine (C=N–C) groups is 1. The molecule has 1 atom stereocenters. The number of nitrogens with one attached hydrogen (secondary N) is 2. The number of guanidine groups is 1. The molecule has 1 heterocycles. The van der Waals surface area contributed by atoms with Gasteiger partial charge in [0.1, 0.15) is 0 Å². The van der Waals surface area contributed by atoms with Gasteiger partial charge in [-0.3, -0.25) is 14.8 Å². The van der Waals surface area contributed by atoms with Crippen LogP contribution in [0.1, 0.15) is 34.6 Å². The number of aliphatic hydroxyl groups is 1. The molecule has 1 saturated heterocycles. The van der Waals surface area contributed by atoms with Gasteiger partial charge in [0.15, 0.2) is 5.96 Å². The zero-order valence-corrected chi connectivity index (χ0v) is 19.6. The fourth-order valence-corrected chi connectivity index (χ4v) is 2.98. The van der Waals surface area contributed by atoms with Gasteiger partial charge < -0.3 is 20.5 Å². The number of ether oxygens (including phenoxy) is 1. The molecule has 1 aliphatic heterocycles. The van der Waals surface area contributed by atoms with Gasteiger partial charge in [-0.05, 0) is 34.2 Å². The number of nitrogens with zero attached hydrogens (tertiary/aromatic N) is 3. The lowest BCUT2D eigenvalue weighted by Crippen LogP contribution is -2.48. The molecular weight excluding hydrogens is 445 g/mol. The Morgan fingerprint density at radius 2 is 1.92 bits per heavy atom. The molecule has 0 bridgehead atoms. The molecule has 0 saturated carbocycles. The minimum atomic E-state index is -0.840. The highest BCUT2D eigenvalue weighted by molar-refractivity contribution is 14.0. The van der Waals surface area contributed by atoms with E-state index < -0.39 is 5.60 Å². The van der Waals surface area contributed by atoms with Crippen LogP contribution in [-0.4, -0.2) is 98.1 Å². The van der Waals surface area contributed by atoms with Crippen molar-refractivity contribution >= 4 is 29.9 Å². The molecule has 0 aromatic carbocycles. The van der Waals surface area contributed by atoms with Gasteiger partial charge in [0.2, 0.25) is 0 Å². The first-order chi connectivity index (χ1) is 11.9. The first kappa shape index (κ1) is 25.8. The van der Waals surface area contributed by atoms with E-state index in [2.05, 4.69) is 53.1 Å². The second kappa shape index (κ2) is 13.9. The number of rotatable bonds is 10. The van der Waals surface area contributed by atoms with Crippen LogP contribution in [0.4, 0.5) is 0 Å². The SMILES string of the molecule is CCNC(=NCC(C)(O)CN1CCOCC1)NCCN(CC)C(C)C.I. The molecule has 7 nitrogen and oxygen atoms in total. The molecular formula is C18H40IN5O2. The molecule has 156 valence electrons. The second-order valence-electron chi connectivity index (χ2n) is 7.23. The average Bonchev–Trinajstić information content (AvgIpc) is 2.56. The summed E-state index contributed by atoms with van der Waals surface area (Å²) in [6.07, 6.45) is 0. The first-order valence-electron chi connectivity index (χ1n) is 9.66. The average molecular weight is 485 g/mol. The maximum Gasteiger partial charge on any atom is 0.191 e. The smallest absolute Gasteiger partial charge is 0.191 e. The predicted octanol–water partition coefficient (Wildman–Crippen LogP) is 0.973. The van der Waals surface area contributed by atoms with Crippen molar-refractivity contribution < 1.29 is 9.84 Å². The van der Waals surface area contributed by atoms with Crippen molar-refractivity contribution in [2.75, 3.05) is 65.6 Å². The molecule has 0 radical (unpaired) electrons. The molecule has 26 heavy (non-hydrogen) atoms. The normalized spacial score (nSPS) is 18.5. The molecule has 1 aliphatic rings. The van der Waals surface area contributed by atoms with Crippen molar-refractivity contribution in [3.05, 3.63) is 0 Å². The highest BCUT2D eigenvalue weighted by atomic mass is 127. The van der Waals surface area contributed by atoms with Crippen molar-refractivity contribution in [1.82, 2.24) is 20.4 Å². The van der Waals surface area contributed by atoms with Crippen molar-refractivity contribution in [1.29, 1.82) is 0 Å². The van der Waals surface area contributed by atoms with E-state index in [4.69, 9.17) is 4.74 Å². The topological polar surface area (TPSA) is 72.4 Å². The summed E-state index contributed by atoms with van der Waals surface area (Å²) in [4.78, 5) is 9.23. The predicted molar refractivity (Wildman–Crippen MR) is 120 cm³/mol.